The molecular formula is C23H21ClN2O4S. The summed E-state index contributed by atoms with van der Waals surface area (Å²) in [5, 5.41) is 5.04. The second kappa shape index (κ2) is 8.61. The number of rotatable bonds is 6. The van der Waals surface area contributed by atoms with Gasteiger partial charge in [0.1, 0.15) is 11.5 Å². The Bertz CT molecular complexity index is 1230. The fraction of sp³-hybridized carbons (Fsp3) is 0.174. The second-order valence-corrected chi connectivity index (χ2v) is 9.15. The van der Waals surface area contributed by atoms with Gasteiger partial charge in [-0.2, -0.15) is 17.9 Å². The van der Waals surface area contributed by atoms with E-state index in [-0.39, 0.29) is 4.90 Å². The van der Waals surface area contributed by atoms with Gasteiger partial charge >= 0.3 is 0 Å². The Morgan fingerprint density at radius 3 is 2.35 bits per heavy atom. The highest BCUT2D eigenvalue weighted by Gasteiger charge is 2.39. The smallest absolute Gasteiger partial charge is 0.279 e. The van der Waals surface area contributed by atoms with E-state index in [2.05, 4.69) is 5.10 Å². The van der Waals surface area contributed by atoms with Crippen molar-refractivity contribution in [2.45, 2.75) is 17.4 Å². The van der Waals surface area contributed by atoms with Crippen LogP contribution in [-0.2, 0) is 10.0 Å². The van der Waals surface area contributed by atoms with Crippen molar-refractivity contribution in [3.05, 3.63) is 88.9 Å². The number of benzene rings is 3. The monoisotopic (exact) mass is 456 g/mol. The summed E-state index contributed by atoms with van der Waals surface area (Å²) >= 11 is 6.44. The predicted octanol–water partition coefficient (Wildman–Crippen LogP) is 4.90. The summed E-state index contributed by atoms with van der Waals surface area (Å²) in [4.78, 5) is 0.166. The zero-order valence-corrected chi connectivity index (χ0v) is 18.6. The summed E-state index contributed by atoms with van der Waals surface area (Å²) in [6.07, 6.45) is 0.346. The van der Waals surface area contributed by atoms with Crippen LogP contribution in [0.5, 0.6) is 11.5 Å². The van der Waals surface area contributed by atoms with E-state index >= 15 is 0 Å². The molecule has 0 spiro atoms. The molecule has 1 atom stereocenters. The number of methoxy groups -OCH3 is 2. The molecule has 0 saturated carbocycles. The van der Waals surface area contributed by atoms with Crippen LogP contribution in [0.4, 0.5) is 0 Å². The third-order valence-electron chi connectivity index (χ3n) is 5.14. The molecule has 0 fully saturated rings. The van der Waals surface area contributed by atoms with Gasteiger partial charge in [-0.25, -0.2) is 0 Å². The zero-order chi connectivity index (χ0) is 22.0. The van der Waals surface area contributed by atoms with Crippen LogP contribution in [0.1, 0.15) is 23.6 Å². The largest absolute Gasteiger partial charge is 0.497 e. The molecule has 1 aliphatic heterocycles. The number of hydrogen-bond acceptors (Lipinski definition) is 5. The highest BCUT2D eigenvalue weighted by Crippen LogP contribution is 2.41. The molecule has 0 radical (unpaired) electrons. The molecule has 160 valence electrons. The standard InChI is InChI=1S/C23H21ClN2O4S/c1-29-16-12-13-19(23(14-16)30-2)21-15-22(18-10-6-7-11-20(18)24)26(25-21)31(27,28)17-8-4-3-5-9-17/h3-14,22H,15H2,1-2H3/t22-/m1/s1. The average molecular weight is 457 g/mol. The van der Waals surface area contributed by atoms with Crippen LogP contribution in [0.2, 0.25) is 5.02 Å². The summed E-state index contributed by atoms with van der Waals surface area (Å²) in [7, 11) is -0.778. The van der Waals surface area contributed by atoms with E-state index < -0.39 is 16.1 Å². The van der Waals surface area contributed by atoms with Gasteiger partial charge in [-0.3, -0.25) is 0 Å². The predicted molar refractivity (Wildman–Crippen MR) is 120 cm³/mol. The number of hydrogen-bond donors (Lipinski definition) is 0. The van der Waals surface area contributed by atoms with Gasteiger partial charge < -0.3 is 9.47 Å². The van der Waals surface area contributed by atoms with Crippen LogP contribution in [0.25, 0.3) is 0 Å². The molecule has 4 rings (SSSR count). The summed E-state index contributed by atoms with van der Waals surface area (Å²) in [5.74, 6) is 1.19. The zero-order valence-electron chi connectivity index (χ0n) is 17.0. The highest BCUT2D eigenvalue weighted by molar-refractivity contribution is 7.89. The molecule has 31 heavy (non-hydrogen) atoms. The molecule has 3 aromatic rings. The maximum Gasteiger partial charge on any atom is 0.279 e. The molecule has 8 heteroatoms. The minimum Gasteiger partial charge on any atom is -0.497 e. The van der Waals surface area contributed by atoms with Gasteiger partial charge in [0.05, 0.1) is 30.9 Å². The molecule has 0 bridgehead atoms. The lowest BCUT2D eigenvalue weighted by Gasteiger charge is -2.24. The first-order valence-corrected chi connectivity index (χ1v) is 11.4. The summed E-state index contributed by atoms with van der Waals surface area (Å²) in [5.41, 5.74) is 1.98. The molecule has 0 amide bonds. The topological polar surface area (TPSA) is 68.2 Å². The van der Waals surface area contributed by atoms with Crippen LogP contribution >= 0.6 is 11.6 Å². The minimum absolute atomic E-state index is 0.166. The van der Waals surface area contributed by atoms with Crippen LogP contribution < -0.4 is 9.47 Å². The van der Waals surface area contributed by atoms with Crippen molar-refractivity contribution in [2.24, 2.45) is 5.10 Å². The van der Waals surface area contributed by atoms with E-state index in [0.717, 1.165) is 4.41 Å². The fourth-order valence-corrected chi connectivity index (χ4v) is 5.30. The molecule has 0 unspecified atom stereocenters. The number of nitrogens with zero attached hydrogens (tertiary/aromatic N) is 2. The lowest BCUT2D eigenvalue weighted by atomic mass is 9.98. The van der Waals surface area contributed by atoms with Crippen LogP contribution in [0.3, 0.4) is 0 Å². The Labute approximate surface area is 186 Å². The molecule has 0 saturated heterocycles. The Hall–Kier alpha value is -3.03. The SMILES string of the molecule is COc1ccc(C2=NN(S(=O)(=O)c3ccccc3)[C@@H](c3ccccc3Cl)C2)c(OC)c1. The summed E-state index contributed by atoms with van der Waals surface area (Å²) in [6, 6.07) is 20.2. The first kappa shape index (κ1) is 21.2. The molecule has 1 heterocycles. The Balaban J connectivity index is 1.85. The van der Waals surface area contributed by atoms with E-state index in [1.165, 1.54) is 0 Å². The number of sulfonamides is 1. The number of halogens is 1. The maximum absolute atomic E-state index is 13.5. The molecule has 6 nitrogen and oxygen atoms in total. The number of hydrazone groups is 1. The van der Waals surface area contributed by atoms with Crippen molar-refractivity contribution in [3.8, 4) is 11.5 Å². The van der Waals surface area contributed by atoms with Crippen molar-refractivity contribution in [2.75, 3.05) is 14.2 Å². The van der Waals surface area contributed by atoms with E-state index in [0.29, 0.717) is 39.8 Å². The van der Waals surface area contributed by atoms with Gasteiger partial charge in [0.2, 0.25) is 0 Å². The minimum atomic E-state index is -3.90. The second-order valence-electron chi connectivity index (χ2n) is 6.94. The summed E-state index contributed by atoms with van der Waals surface area (Å²) < 4.78 is 38.9. The van der Waals surface area contributed by atoms with E-state index in [1.54, 1.807) is 62.8 Å². The van der Waals surface area contributed by atoms with Crippen molar-refractivity contribution >= 4 is 27.3 Å². The van der Waals surface area contributed by atoms with Crippen LogP contribution in [0.15, 0.2) is 82.8 Å². The molecule has 1 aliphatic rings. The van der Waals surface area contributed by atoms with Crippen molar-refractivity contribution in [1.82, 2.24) is 4.41 Å². The van der Waals surface area contributed by atoms with Gasteiger partial charge in [-0.05, 0) is 35.9 Å². The molecule has 0 aromatic heterocycles. The van der Waals surface area contributed by atoms with Crippen LogP contribution in [-0.4, -0.2) is 32.8 Å². The Kier molecular flexibility index (Phi) is 5.89. The molecular weight excluding hydrogens is 436 g/mol. The quantitative estimate of drug-likeness (QED) is 0.529. The highest BCUT2D eigenvalue weighted by atomic mass is 35.5. The van der Waals surface area contributed by atoms with Gasteiger partial charge in [-0.1, -0.05) is 48.0 Å². The maximum atomic E-state index is 13.5. The Morgan fingerprint density at radius 2 is 1.68 bits per heavy atom. The summed E-state index contributed by atoms with van der Waals surface area (Å²) in [6.45, 7) is 0. The molecule has 0 aliphatic carbocycles. The van der Waals surface area contributed by atoms with E-state index in [4.69, 9.17) is 21.1 Å². The van der Waals surface area contributed by atoms with Crippen molar-refractivity contribution in [1.29, 1.82) is 0 Å². The van der Waals surface area contributed by atoms with Crippen LogP contribution in [0, 0.1) is 0 Å². The van der Waals surface area contributed by atoms with E-state index in [1.807, 2.05) is 24.3 Å². The normalized spacial score (nSPS) is 16.2. The van der Waals surface area contributed by atoms with Crippen molar-refractivity contribution in [3.63, 3.8) is 0 Å². The fourth-order valence-electron chi connectivity index (χ4n) is 3.59. The molecule has 0 N–H and O–H groups in total. The molecule has 3 aromatic carbocycles. The van der Waals surface area contributed by atoms with Gasteiger partial charge in [0, 0.05) is 23.1 Å². The lowest BCUT2D eigenvalue weighted by molar-refractivity contribution is 0.371. The third-order valence-corrected chi connectivity index (χ3v) is 7.18. The van der Waals surface area contributed by atoms with Gasteiger partial charge in [-0.15, -0.1) is 0 Å². The van der Waals surface area contributed by atoms with Gasteiger partial charge in [0.25, 0.3) is 10.0 Å². The average Bonchev–Trinajstić information content (AvgIpc) is 3.25. The third kappa shape index (κ3) is 3.98. The van der Waals surface area contributed by atoms with Crippen molar-refractivity contribution < 1.29 is 17.9 Å². The van der Waals surface area contributed by atoms with Gasteiger partial charge in [0.15, 0.2) is 0 Å². The lowest BCUT2D eigenvalue weighted by Crippen LogP contribution is -2.27. The first-order chi connectivity index (χ1) is 15.0. The van der Waals surface area contributed by atoms with E-state index in [9.17, 15) is 8.42 Å². The number of ether oxygens (including phenoxy) is 2. The Morgan fingerprint density at radius 1 is 0.968 bits per heavy atom. The first-order valence-electron chi connectivity index (χ1n) is 9.59.